The van der Waals surface area contributed by atoms with E-state index in [1.807, 2.05) is 0 Å². The molecular weight excluding hydrogens is 404 g/mol. The fourth-order valence-electron chi connectivity index (χ4n) is 3.37. The van der Waals surface area contributed by atoms with Gasteiger partial charge in [0.15, 0.2) is 0 Å². The van der Waals surface area contributed by atoms with E-state index in [2.05, 4.69) is 0 Å². The lowest BCUT2D eigenvalue weighted by molar-refractivity contribution is -0.347. The maximum atomic E-state index is 13.9. The van der Waals surface area contributed by atoms with E-state index in [9.17, 15) is 44.7 Å². The molecule has 28 heavy (non-hydrogen) atoms. The quantitative estimate of drug-likeness (QED) is 0.614. The van der Waals surface area contributed by atoms with E-state index in [1.54, 1.807) is 0 Å². The van der Waals surface area contributed by atoms with Crippen LogP contribution in [0.3, 0.4) is 0 Å². The highest BCUT2D eigenvalue weighted by Crippen LogP contribution is 2.53. The van der Waals surface area contributed by atoms with Crippen LogP contribution in [0.15, 0.2) is 0 Å². The maximum Gasteiger partial charge on any atom is 0.392 e. The molecular formula is C16H20F8N2O2. The van der Waals surface area contributed by atoms with E-state index in [0.717, 1.165) is 0 Å². The Bertz CT molecular complexity index is 547. The van der Waals surface area contributed by atoms with Crippen molar-refractivity contribution in [1.82, 2.24) is 10.6 Å². The third-order valence-electron chi connectivity index (χ3n) is 5.13. The lowest BCUT2D eigenvalue weighted by atomic mass is 9.96. The van der Waals surface area contributed by atoms with Gasteiger partial charge in [-0.05, 0) is 25.7 Å². The van der Waals surface area contributed by atoms with Gasteiger partial charge in [-0.15, -0.1) is 0 Å². The van der Waals surface area contributed by atoms with Crippen LogP contribution in [0, 0.1) is 0 Å². The highest BCUT2D eigenvalue weighted by Gasteiger charge is 2.84. The smallest absolute Gasteiger partial charge is 0.348 e. The average molecular weight is 424 g/mol. The van der Waals surface area contributed by atoms with Crippen LogP contribution in [-0.4, -0.2) is 47.6 Å². The number of carbonyl (C=O) groups excluding carboxylic acids is 2. The third kappa shape index (κ3) is 3.78. The van der Waals surface area contributed by atoms with Gasteiger partial charge in [-0.3, -0.25) is 9.59 Å². The minimum atomic E-state index is -6.81. The minimum Gasteiger partial charge on any atom is -0.348 e. The largest absolute Gasteiger partial charge is 0.392 e. The van der Waals surface area contributed by atoms with E-state index in [4.69, 9.17) is 0 Å². The highest BCUT2D eigenvalue weighted by atomic mass is 19.4. The van der Waals surface area contributed by atoms with E-state index in [0.29, 0.717) is 25.7 Å². The van der Waals surface area contributed by atoms with Gasteiger partial charge in [0.25, 0.3) is 11.8 Å². The standard InChI is InChI=1S/C16H20F8N2O2/c17-13(18,11(27)25-9-5-1-2-6-9)15(21,22)16(23,24)14(19,20)12(28)26-10-7-3-4-8-10/h9-10H,1-8H2,(H,25,27)(H,26,28). The third-order valence-corrected chi connectivity index (χ3v) is 5.13. The van der Waals surface area contributed by atoms with Gasteiger partial charge in [0, 0.05) is 12.1 Å². The van der Waals surface area contributed by atoms with Crippen LogP contribution in [0.1, 0.15) is 51.4 Å². The maximum absolute atomic E-state index is 13.9. The van der Waals surface area contributed by atoms with E-state index >= 15 is 0 Å². The van der Waals surface area contributed by atoms with Crippen LogP contribution in [0.4, 0.5) is 35.1 Å². The van der Waals surface area contributed by atoms with Gasteiger partial charge in [0.05, 0.1) is 0 Å². The predicted octanol–water partition coefficient (Wildman–Crippen LogP) is 3.65. The van der Waals surface area contributed by atoms with Crippen LogP contribution < -0.4 is 10.6 Å². The van der Waals surface area contributed by atoms with Crippen molar-refractivity contribution in [2.24, 2.45) is 0 Å². The molecule has 2 N–H and O–H groups in total. The molecule has 0 atom stereocenters. The Morgan fingerprint density at radius 2 is 0.821 bits per heavy atom. The van der Waals surface area contributed by atoms with Crippen molar-refractivity contribution in [1.29, 1.82) is 0 Å². The second-order valence-electron chi connectivity index (χ2n) is 7.21. The Morgan fingerprint density at radius 3 is 1.07 bits per heavy atom. The first kappa shape index (κ1) is 22.7. The van der Waals surface area contributed by atoms with Gasteiger partial charge >= 0.3 is 23.7 Å². The van der Waals surface area contributed by atoms with Crippen molar-refractivity contribution in [3.63, 3.8) is 0 Å². The van der Waals surface area contributed by atoms with E-state index in [1.165, 1.54) is 10.6 Å². The van der Waals surface area contributed by atoms with Crippen molar-refractivity contribution in [3.05, 3.63) is 0 Å². The average Bonchev–Trinajstić information content (AvgIpc) is 3.28. The fourth-order valence-corrected chi connectivity index (χ4v) is 3.37. The molecule has 12 heteroatoms. The zero-order valence-electron chi connectivity index (χ0n) is 14.7. The summed E-state index contributed by atoms with van der Waals surface area (Å²) in [5.41, 5.74) is 0. The molecule has 0 aromatic rings. The number of halogens is 8. The first-order valence-corrected chi connectivity index (χ1v) is 8.88. The number of alkyl halides is 8. The summed E-state index contributed by atoms with van der Waals surface area (Å²) in [4.78, 5) is 22.9. The number of carbonyl (C=O) groups is 2. The van der Waals surface area contributed by atoms with E-state index < -0.39 is 47.6 Å². The molecule has 2 fully saturated rings. The number of rotatable bonds is 7. The van der Waals surface area contributed by atoms with Gasteiger partial charge in [0.1, 0.15) is 0 Å². The minimum absolute atomic E-state index is 0.170. The molecule has 0 radical (unpaired) electrons. The van der Waals surface area contributed by atoms with Gasteiger partial charge < -0.3 is 10.6 Å². The molecule has 0 bridgehead atoms. The lowest BCUT2D eigenvalue weighted by Gasteiger charge is -2.36. The highest BCUT2D eigenvalue weighted by molar-refractivity contribution is 5.87. The summed E-state index contributed by atoms with van der Waals surface area (Å²) < 4.78 is 111. The van der Waals surface area contributed by atoms with Crippen molar-refractivity contribution in [3.8, 4) is 0 Å². The normalized spacial score (nSPS) is 20.4. The summed E-state index contributed by atoms with van der Waals surface area (Å²) in [6, 6.07) is -1.87. The molecule has 4 nitrogen and oxygen atoms in total. The fraction of sp³-hybridized carbons (Fsp3) is 0.875. The Hall–Kier alpha value is -1.62. The summed E-state index contributed by atoms with van der Waals surface area (Å²) in [6.45, 7) is 0. The molecule has 0 saturated heterocycles. The second-order valence-corrected chi connectivity index (χ2v) is 7.21. The molecule has 162 valence electrons. The van der Waals surface area contributed by atoms with Crippen LogP contribution in [0.5, 0.6) is 0 Å². The van der Waals surface area contributed by atoms with Crippen molar-refractivity contribution >= 4 is 11.8 Å². The molecule has 0 aromatic heterocycles. The van der Waals surface area contributed by atoms with E-state index in [-0.39, 0.29) is 25.7 Å². The van der Waals surface area contributed by atoms with Gasteiger partial charge in [-0.1, -0.05) is 25.7 Å². The molecule has 0 aromatic carbocycles. The van der Waals surface area contributed by atoms with Crippen LogP contribution in [-0.2, 0) is 9.59 Å². The van der Waals surface area contributed by atoms with Crippen LogP contribution >= 0.6 is 0 Å². The first-order valence-electron chi connectivity index (χ1n) is 8.88. The molecule has 0 aliphatic heterocycles. The molecule has 2 saturated carbocycles. The van der Waals surface area contributed by atoms with Gasteiger partial charge in [0.2, 0.25) is 0 Å². The molecule has 0 spiro atoms. The van der Waals surface area contributed by atoms with Crippen LogP contribution in [0.2, 0.25) is 0 Å². The zero-order chi connectivity index (χ0) is 21.4. The van der Waals surface area contributed by atoms with Crippen molar-refractivity contribution in [2.45, 2.75) is 87.1 Å². The Balaban J connectivity index is 2.20. The zero-order valence-corrected chi connectivity index (χ0v) is 14.7. The summed E-state index contributed by atoms with van der Waals surface area (Å²) in [5, 5.41) is 2.98. The first-order chi connectivity index (χ1) is 12.7. The summed E-state index contributed by atoms with van der Waals surface area (Å²) >= 11 is 0. The van der Waals surface area contributed by atoms with Crippen LogP contribution in [0.25, 0.3) is 0 Å². The summed E-state index contributed by atoms with van der Waals surface area (Å²) in [6.07, 6.45) is 2.69. The Labute approximate surface area is 155 Å². The lowest BCUT2D eigenvalue weighted by Crippen LogP contribution is -2.69. The molecule has 2 aliphatic carbocycles. The molecule has 0 heterocycles. The second kappa shape index (κ2) is 7.66. The number of nitrogens with one attached hydrogen (secondary N) is 2. The van der Waals surface area contributed by atoms with Crippen molar-refractivity contribution in [2.75, 3.05) is 0 Å². The van der Waals surface area contributed by atoms with Crippen molar-refractivity contribution < 1.29 is 44.7 Å². The molecule has 2 amide bonds. The number of amides is 2. The van der Waals surface area contributed by atoms with Gasteiger partial charge in [-0.2, -0.15) is 35.1 Å². The molecule has 2 rings (SSSR count). The Kier molecular flexibility index (Phi) is 6.20. The molecule has 2 aliphatic rings. The molecule has 0 unspecified atom stereocenters. The number of hydrogen-bond donors (Lipinski definition) is 2. The monoisotopic (exact) mass is 424 g/mol. The predicted molar refractivity (Wildman–Crippen MR) is 80.6 cm³/mol. The SMILES string of the molecule is O=C(NC1CCCC1)C(F)(F)C(F)(F)C(F)(F)C(F)(F)C(=O)NC1CCCC1. The summed E-state index contributed by atoms with van der Waals surface area (Å²) in [5.74, 6) is -31.5. The number of hydrogen-bond acceptors (Lipinski definition) is 2. The van der Waals surface area contributed by atoms with Gasteiger partial charge in [-0.25, -0.2) is 0 Å². The Morgan fingerprint density at radius 1 is 0.571 bits per heavy atom. The topological polar surface area (TPSA) is 58.2 Å². The summed E-state index contributed by atoms with van der Waals surface area (Å²) in [7, 11) is 0.